The normalized spacial score (nSPS) is 22.4. The first-order chi connectivity index (χ1) is 9.55. The largest absolute Gasteiger partial charge is 0.494 e. The monoisotopic (exact) mass is 276 g/mol. The van der Waals surface area contributed by atoms with Gasteiger partial charge in [-0.15, -0.1) is 0 Å². The van der Waals surface area contributed by atoms with Crippen LogP contribution in [0.25, 0.3) is 0 Å². The Labute approximate surface area is 120 Å². The quantitative estimate of drug-likeness (QED) is 0.889. The maximum Gasteiger partial charge on any atom is 0.244 e. The molecular weight excluding hydrogens is 252 g/mol. The van der Waals surface area contributed by atoms with Gasteiger partial charge in [0.1, 0.15) is 5.75 Å². The zero-order valence-electron chi connectivity index (χ0n) is 12.6. The van der Waals surface area contributed by atoms with Gasteiger partial charge >= 0.3 is 0 Å². The first-order valence-corrected chi connectivity index (χ1v) is 7.35. The third-order valence-electron chi connectivity index (χ3n) is 3.88. The lowest BCUT2D eigenvalue weighted by atomic mass is 9.90. The summed E-state index contributed by atoms with van der Waals surface area (Å²) >= 11 is 0. The number of hydrogen-bond donors (Lipinski definition) is 2. The Hall–Kier alpha value is -1.55. The lowest BCUT2D eigenvalue weighted by Gasteiger charge is -2.33. The summed E-state index contributed by atoms with van der Waals surface area (Å²) in [6.07, 6.45) is 3.12. The van der Waals surface area contributed by atoms with Crippen LogP contribution in [0.1, 0.15) is 38.7 Å². The van der Waals surface area contributed by atoms with E-state index in [1.54, 1.807) is 0 Å². The highest BCUT2D eigenvalue weighted by atomic mass is 16.5. The van der Waals surface area contributed by atoms with Gasteiger partial charge in [0.2, 0.25) is 5.91 Å². The van der Waals surface area contributed by atoms with Crippen LogP contribution in [0.5, 0.6) is 5.75 Å². The Morgan fingerprint density at radius 1 is 1.45 bits per heavy atom. The van der Waals surface area contributed by atoms with E-state index in [2.05, 4.69) is 10.6 Å². The van der Waals surface area contributed by atoms with Crippen molar-refractivity contribution in [2.24, 2.45) is 0 Å². The minimum Gasteiger partial charge on any atom is -0.494 e. The van der Waals surface area contributed by atoms with Crippen LogP contribution >= 0.6 is 0 Å². The van der Waals surface area contributed by atoms with E-state index in [0.717, 1.165) is 42.8 Å². The van der Waals surface area contributed by atoms with Gasteiger partial charge < -0.3 is 15.4 Å². The maximum atomic E-state index is 12.4. The van der Waals surface area contributed by atoms with Gasteiger partial charge in [0.25, 0.3) is 0 Å². The van der Waals surface area contributed by atoms with Crippen LogP contribution in [0, 0.1) is 6.92 Å². The number of anilines is 1. The van der Waals surface area contributed by atoms with Crippen molar-refractivity contribution < 1.29 is 9.53 Å². The van der Waals surface area contributed by atoms with Crippen LogP contribution in [0.2, 0.25) is 0 Å². The highest BCUT2D eigenvalue weighted by molar-refractivity contribution is 5.98. The molecule has 1 amide bonds. The van der Waals surface area contributed by atoms with Crippen molar-refractivity contribution in [3.8, 4) is 5.75 Å². The van der Waals surface area contributed by atoms with Crippen molar-refractivity contribution in [3.63, 3.8) is 0 Å². The molecule has 1 aromatic rings. The highest BCUT2D eigenvalue weighted by Gasteiger charge is 2.34. The molecule has 0 spiro atoms. The number of aryl methyl sites for hydroxylation is 1. The Bertz CT molecular complexity index is 479. The highest BCUT2D eigenvalue weighted by Crippen LogP contribution is 2.24. The number of carbonyl (C=O) groups excluding carboxylic acids is 1. The van der Waals surface area contributed by atoms with Crippen LogP contribution < -0.4 is 15.4 Å². The number of carbonyl (C=O) groups is 1. The first-order valence-electron chi connectivity index (χ1n) is 7.35. The van der Waals surface area contributed by atoms with Crippen molar-refractivity contribution in [2.45, 2.75) is 45.6 Å². The maximum absolute atomic E-state index is 12.4. The lowest BCUT2D eigenvalue weighted by Crippen LogP contribution is -2.54. The van der Waals surface area contributed by atoms with E-state index in [9.17, 15) is 4.79 Å². The van der Waals surface area contributed by atoms with Gasteiger partial charge in [-0.05, 0) is 70.3 Å². The van der Waals surface area contributed by atoms with E-state index in [4.69, 9.17) is 4.74 Å². The standard InChI is InChI=1S/C16H24N2O2/c1-4-20-13-7-8-14(12(2)11-13)18-15(19)16(3)9-5-6-10-17-16/h7-8,11,17H,4-6,9-10H2,1-3H3,(H,18,19). The van der Waals surface area contributed by atoms with Gasteiger partial charge in [-0.2, -0.15) is 0 Å². The molecule has 1 aromatic carbocycles. The summed E-state index contributed by atoms with van der Waals surface area (Å²) in [5, 5.41) is 6.36. The Morgan fingerprint density at radius 3 is 2.85 bits per heavy atom. The Balaban J connectivity index is 2.07. The van der Waals surface area contributed by atoms with E-state index in [1.807, 2.05) is 39.0 Å². The van der Waals surface area contributed by atoms with Crippen molar-refractivity contribution in [1.82, 2.24) is 5.32 Å². The predicted octanol–water partition coefficient (Wildman–Crippen LogP) is 2.86. The Morgan fingerprint density at radius 2 is 2.25 bits per heavy atom. The molecule has 1 aliphatic heterocycles. The molecule has 1 saturated heterocycles. The summed E-state index contributed by atoms with van der Waals surface area (Å²) in [4.78, 5) is 12.4. The summed E-state index contributed by atoms with van der Waals surface area (Å²) in [6.45, 7) is 7.47. The second kappa shape index (κ2) is 6.27. The minimum absolute atomic E-state index is 0.0458. The number of hydrogen-bond acceptors (Lipinski definition) is 3. The van der Waals surface area contributed by atoms with E-state index in [-0.39, 0.29) is 5.91 Å². The number of ether oxygens (including phenoxy) is 1. The van der Waals surface area contributed by atoms with Crippen LogP contribution in [0.4, 0.5) is 5.69 Å². The molecule has 1 unspecified atom stereocenters. The second-order valence-electron chi connectivity index (χ2n) is 5.58. The summed E-state index contributed by atoms with van der Waals surface area (Å²) in [6, 6.07) is 5.75. The van der Waals surface area contributed by atoms with Gasteiger partial charge in [-0.1, -0.05) is 0 Å². The topological polar surface area (TPSA) is 50.4 Å². The molecule has 0 radical (unpaired) electrons. The molecule has 2 rings (SSSR count). The third-order valence-corrected chi connectivity index (χ3v) is 3.88. The molecular formula is C16H24N2O2. The van der Waals surface area contributed by atoms with E-state index in [0.29, 0.717) is 6.61 Å². The zero-order valence-corrected chi connectivity index (χ0v) is 12.6. The minimum atomic E-state index is -0.455. The van der Waals surface area contributed by atoms with Crippen molar-refractivity contribution in [3.05, 3.63) is 23.8 Å². The number of benzene rings is 1. The van der Waals surface area contributed by atoms with Gasteiger partial charge in [-0.3, -0.25) is 4.79 Å². The summed E-state index contributed by atoms with van der Waals surface area (Å²) in [7, 11) is 0. The van der Waals surface area contributed by atoms with Crippen LogP contribution in [0.3, 0.4) is 0 Å². The van der Waals surface area contributed by atoms with Gasteiger partial charge in [0.15, 0.2) is 0 Å². The van der Waals surface area contributed by atoms with Crippen molar-refractivity contribution >= 4 is 11.6 Å². The van der Waals surface area contributed by atoms with E-state index < -0.39 is 5.54 Å². The van der Waals surface area contributed by atoms with Crippen molar-refractivity contribution in [2.75, 3.05) is 18.5 Å². The molecule has 110 valence electrons. The van der Waals surface area contributed by atoms with E-state index >= 15 is 0 Å². The molecule has 1 aliphatic rings. The summed E-state index contributed by atoms with van der Waals surface area (Å²) in [5.74, 6) is 0.884. The molecule has 4 heteroatoms. The second-order valence-corrected chi connectivity index (χ2v) is 5.58. The molecule has 0 aliphatic carbocycles. The molecule has 1 heterocycles. The third kappa shape index (κ3) is 3.31. The zero-order chi connectivity index (χ0) is 14.6. The van der Waals surface area contributed by atoms with Gasteiger partial charge in [0, 0.05) is 5.69 Å². The van der Waals surface area contributed by atoms with Gasteiger partial charge in [0.05, 0.1) is 12.1 Å². The fourth-order valence-corrected chi connectivity index (χ4v) is 2.54. The molecule has 1 atom stereocenters. The predicted molar refractivity (Wildman–Crippen MR) is 81.2 cm³/mol. The average molecular weight is 276 g/mol. The number of piperidine rings is 1. The lowest BCUT2D eigenvalue weighted by molar-refractivity contribution is -0.122. The Kier molecular flexibility index (Phi) is 4.65. The SMILES string of the molecule is CCOc1ccc(NC(=O)C2(C)CCCCN2)c(C)c1. The molecule has 20 heavy (non-hydrogen) atoms. The molecule has 1 fully saturated rings. The summed E-state index contributed by atoms with van der Waals surface area (Å²) in [5.41, 5.74) is 1.42. The molecule has 4 nitrogen and oxygen atoms in total. The van der Waals surface area contributed by atoms with Crippen LogP contribution in [-0.2, 0) is 4.79 Å². The fraction of sp³-hybridized carbons (Fsp3) is 0.562. The molecule has 0 bridgehead atoms. The molecule has 2 N–H and O–H groups in total. The van der Waals surface area contributed by atoms with E-state index in [1.165, 1.54) is 0 Å². The number of amides is 1. The first kappa shape index (κ1) is 14.9. The summed E-state index contributed by atoms with van der Waals surface area (Å²) < 4.78 is 5.46. The fourth-order valence-electron chi connectivity index (χ4n) is 2.54. The average Bonchev–Trinajstić information content (AvgIpc) is 2.43. The van der Waals surface area contributed by atoms with Gasteiger partial charge in [-0.25, -0.2) is 0 Å². The number of rotatable bonds is 4. The van der Waals surface area contributed by atoms with Crippen LogP contribution in [0.15, 0.2) is 18.2 Å². The molecule has 0 saturated carbocycles. The number of nitrogens with one attached hydrogen (secondary N) is 2. The van der Waals surface area contributed by atoms with Crippen molar-refractivity contribution in [1.29, 1.82) is 0 Å². The smallest absolute Gasteiger partial charge is 0.244 e. The molecule has 0 aromatic heterocycles. The van der Waals surface area contributed by atoms with Crippen LogP contribution in [-0.4, -0.2) is 24.6 Å².